The Morgan fingerprint density at radius 3 is 2.35 bits per heavy atom. The molecule has 0 aliphatic carbocycles. The van der Waals surface area contributed by atoms with Gasteiger partial charge in [0.05, 0.1) is 29.2 Å². The van der Waals surface area contributed by atoms with E-state index in [0.29, 0.717) is 18.0 Å². The smallest absolute Gasteiger partial charge is 0.197 e. The lowest BCUT2D eigenvalue weighted by atomic mass is 10.1. The van der Waals surface area contributed by atoms with Gasteiger partial charge < -0.3 is 14.1 Å². The molecule has 0 saturated heterocycles. The van der Waals surface area contributed by atoms with Crippen LogP contribution in [0, 0.1) is 0 Å². The van der Waals surface area contributed by atoms with Gasteiger partial charge in [-0.05, 0) is 76.2 Å². The third kappa shape index (κ3) is 6.81. The van der Waals surface area contributed by atoms with E-state index in [-0.39, 0.29) is 5.04 Å². The van der Waals surface area contributed by atoms with Crippen LogP contribution in [0.3, 0.4) is 0 Å². The van der Waals surface area contributed by atoms with Gasteiger partial charge in [-0.15, -0.1) is 4.72 Å². The highest BCUT2D eigenvalue weighted by molar-refractivity contribution is 7.90. The van der Waals surface area contributed by atoms with Gasteiger partial charge in [0.1, 0.15) is 4.75 Å². The number of fused-ring (bicyclic) bond motifs is 1. The fourth-order valence-corrected chi connectivity index (χ4v) is 5.40. The van der Waals surface area contributed by atoms with Gasteiger partial charge in [0.15, 0.2) is 19.9 Å². The molecule has 40 heavy (non-hydrogen) atoms. The third-order valence-electron chi connectivity index (χ3n) is 7.31. The second kappa shape index (κ2) is 11.0. The molecular formula is C30H41N5O3SSi. The molecule has 1 aromatic carbocycles. The van der Waals surface area contributed by atoms with Crippen LogP contribution in [-0.4, -0.2) is 42.5 Å². The van der Waals surface area contributed by atoms with Crippen molar-refractivity contribution in [2.24, 2.45) is 0 Å². The molecule has 0 radical (unpaired) electrons. The van der Waals surface area contributed by atoms with Gasteiger partial charge >= 0.3 is 0 Å². The molecule has 4 rings (SSSR count). The quantitative estimate of drug-likeness (QED) is 0.145. The summed E-state index contributed by atoms with van der Waals surface area (Å²) < 4.78 is 23.0. The van der Waals surface area contributed by atoms with Gasteiger partial charge in [-0.2, -0.15) is 5.10 Å². The van der Waals surface area contributed by atoms with E-state index in [4.69, 9.17) is 14.5 Å². The summed E-state index contributed by atoms with van der Waals surface area (Å²) >= 11 is -1.47. The number of hydrogen-bond donors (Lipinski definition) is 2. The number of nitrogens with zero attached hydrogens (tertiary/aromatic N) is 4. The van der Waals surface area contributed by atoms with E-state index in [9.17, 15) is 9.66 Å². The number of hydrogen-bond acceptors (Lipinski definition) is 7. The third-order valence-corrected chi connectivity index (χ3v) is 13.5. The minimum absolute atomic E-state index is 0.133. The van der Waals surface area contributed by atoms with Crippen molar-refractivity contribution in [2.75, 3.05) is 0 Å². The topological polar surface area (TPSA) is 108 Å². The van der Waals surface area contributed by atoms with Gasteiger partial charge in [-0.25, -0.2) is 14.6 Å². The first kappa shape index (κ1) is 30.4. The monoisotopic (exact) mass is 579 g/mol. The Morgan fingerprint density at radius 2 is 1.68 bits per heavy atom. The SMILES string of the molecule is CC(C)(C)[S@@+]([O-])N[C@@](C)(O)c1cccc(-c2ccc3cn(-c4cccc(CO[Si](C)(C)C(C)(C)C)n4)nc3c2)n1. The van der Waals surface area contributed by atoms with Crippen LogP contribution < -0.4 is 4.72 Å². The standard InChI is InChI=1S/C30H41N5O3SSi/c1-28(2,3)39(37)34-30(7,36)26-14-11-13-24(32-26)21-16-17-22-19-35(33-25(22)18-21)27-15-10-12-23(31-27)20-38-40(8,9)29(4,5)6/h10-19,34,36H,20H2,1-9H3/t30-,39+/m0/s1. The Kier molecular flexibility index (Phi) is 8.35. The van der Waals surface area contributed by atoms with Crippen LogP contribution in [0.1, 0.15) is 59.9 Å². The molecule has 0 aliphatic rings. The number of rotatable bonds is 8. The molecule has 3 aromatic heterocycles. The molecule has 0 aliphatic heterocycles. The van der Waals surface area contributed by atoms with Crippen LogP contribution in [0.4, 0.5) is 0 Å². The van der Waals surface area contributed by atoms with Crippen LogP contribution in [-0.2, 0) is 28.1 Å². The van der Waals surface area contributed by atoms with E-state index in [1.807, 2.05) is 75.5 Å². The van der Waals surface area contributed by atoms with Gasteiger partial charge in [0.25, 0.3) is 0 Å². The normalized spacial score (nSPS) is 15.3. The molecule has 214 valence electrons. The second-order valence-electron chi connectivity index (χ2n) is 12.8. The summed E-state index contributed by atoms with van der Waals surface area (Å²) in [6.07, 6.45) is 1.96. The lowest BCUT2D eigenvalue weighted by Crippen LogP contribution is -2.50. The zero-order valence-electron chi connectivity index (χ0n) is 24.9. The van der Waals surface area contributed by atoms with E-state index in [0.717, 1.165) is 28.0 Å². The molecule has 0 bridgehead atoms. The molecule has 0 spiro atoms. The molecule has 3 heterocycles. The predicted molar refractivity (Wildman–Crippen MR) is 165 cm³/mol. The number of aromatic nitrogens is 4. The average molecular weight is 580 g/mol. The maximum absolute atomic E-state index is 12.6. The predicted octanol–water partition coefficient (Wildman–Crippen LogP) is 6.22. The van der Waals surface area contributed by atoms with Crippen molar-refractivity contribution in [2.45, 2.75) is 83.7 Å². The molecule has 2 N–H and O–H groups in total. The molecule has 4 aromatic rings. The molecular weight excluding hydrogens is 539 g/mol. The van der Waals surface area contributed by atoms with Gasteiger partial charge in [-0.3, -0.25) is 0 Å². The molecule has 0 amide bonds. The van der Waals surface area contributed by atoms with Gasteiger partial charge in [0.2, 0.25) is 0 Å². The minimum atomic E-state index is -1.89. The molecule has 0 unspecified atom stereocenters. The zero-order chi connectivity index (χ0) is 29.5. The Bertz CT molecular complexity index is 1490. The van der Waals surface area contributed by atoms with Crippen LogP contribution in [0.5, 0.6) is 0 Å². The molecule has 0 fully saturated rings. The summed E-state index contributed by atoms with van der Waals surface area (Å²) in [4.78, 5) is 9.50. The first-order valence-corrected chi connectivity index (χ1v) is 17.5. The first-order valence-electron chi connectivity index (χ1n) is 13.5. The maximum Gasteiger partial charge on any atom is 0.197 e. The van der Waals surface area contributed by atoms with Gasteiger partial charge in [-0.1, -0.05) is 45.0 Å². The van der Waals surface area contributed by atoms with E-state index in [2.05, 4.69) is 43.6 Å². The second-order valence-corrected chi connectivity index (χ2v) is 19.6. The number of aliphatic hydroxyl groups is 1. The van der Waals surface area contributed by atoms with Crippen molar-refractivity contribution in [3.8, 4) is 17.1 Å². The minimum Gasteiger partial charge on any atom is -0.598 e. The van der Waals surface area contributed by atoms with Crippen molar-refractivity contribution in [3.05, 3.63) is 72.2 Å². The Hall–Kier alpha value is -2.60. The van der Waals surface area contributed by atoms with Crippen molar-refractivity contribution in [1.82, 2.24) is 24.5 Å². The lowest BCUT2D eigenvalue weighted by molar-refractivity contribution is 0.0401. The molecule has 2 atom stereocenters. The molecule has 10 heteroatoms. The van der Waals surface area contributed by atoms with Crippen LogP contribution in [0.2, 0.25) is 18.1 Å². The van der Waals surface area contributed by atoms with E-state index >= 15 is 0 Å². The van der Waals surface area contributed by atoms with Crippen LogP contribution in [0.25, 0.3) is 28.0 Å². The Balaban J connectivity index is 1.57. The lowest BCUT2D eigenvalue weighted by Gasteiger charge is -2.36. The van der Waals surface area contributed by atoms with Gasteiger partial charge in [0, 0.05) is 28.5 Å². The van der Waals surface area contributed by atoms with E-state index in [1.54, 1.807) is 17.7 Å². The fraction of sp³-hybridized carbons (Fsp3) is 0.433. The summed E-state index contributed by atoms with van der Waals surface area (Å²) in [5.74, 6) is 0.725. The maximum atomic E-state index is 12.6. The van der Waals surface area contributed by atoms with Crippen molar-refractivity contribution < 1.29 is 14.1 Å². The fourth-order valence-electron chi connectivity index (χ4n) is 3.69. The Labute approximate surface area is 241 Å². The summed E-state index contributed by atoms with van der Waals surface area (Å²) in [5.41, 5.74) is 2.03. The summed E-state index contributed by atoms with van der Waals surface area (Å²) in [6, 6.07) is 17.3. The first-order chi connectivity index (χ1) is 18.5. The largest absolute Gasteiger partial charge is 0.598 e. The van der Waals surface area contributed by atoms with Crippen molar-refractivity contribution in [3.63, 3.8) is 0 Å². The summed E-state index contributed by atoms with van der Waals surface area (Å²) in [6.45, 7) is 18.7. The number of nitrogens with one attached hydrogen (secondary N) is 1. The van der Waals surface area contributed by atoms with Crippen LogP contribution >= 0.6 is 0 Å². The number of pyridine rings is 2. The van der Waals surface area contributed by atoms with Crippen molar-refractivity contribution in [1.29, 1.82) is 0 Å². The van der Waals surface area contributed by atoms with Crippen LogP contribution in [0.15, 0.2) is 60.8 Å². The number of benzene rings is 1. The zero-order valence-corrected chi connectivity index (χ0v) is 26.8. The van der Waals surface area contributed by atoms with E-state index < -0.39 is 30.2 Å². The highest BCUT2D eigenvalue weighted by atomic mass is 32.2. The van der Waals surface area contributed by atoms with E-state index in [1.165, 1.54) is 0 Å². The molecule has 8 nitrogen and oxygen atoms in total. The summed E-state index contributed by atoms with van der Waals surface area (Å²) in [7, 11) is -1.89. The summed E-state index contributed by atoms with van der Waals surface area (Å²) in [5, 5.41) is 16.9. The highest BCUT2D eigenvalue weighted by Gasteiger charge is 2.38. The Morgan fingerprint density at radius 1 is 0.975 bits per heavy atom. The van der Waals surface area contributed by atoms with Crippen molar-refractivity contribution >= 4 is 30.6 Å². The molecule has 0 saturated carbocycles. The average Bonchev–Trinajstić information content (AvgIpc) is 3.30. The highest BCUT2D eigenvalue weighted by Crippen LogP contribution is 2.37.